The summed E-state index contributed by atoms with van der Waals surface area (Å²) in [7, 11) is 1.16. The number of hydrogen-bond donors (Lipinski definition) is 14. The quantitative estimate of drug-likeness (QED) is 0.0194. The van der Waals surface area contributed by atoms with Gasteiger partial charge in [-0.25, -0.2) is 0 Å². The van der Waals surface area contributed by atoms with Crippen molar-refractivity contribution in [1.82, 2.24) is 68.0 Å². The van der Waals surface area contributed by atoms with Gasteiger partial charge in [-0.1, -0.05) is 118 Å². The van der Waals surface area contributed by atoms with Crippen molar-refractivity contribution >= 4 is 116 Å². The van der Waals surface area contributed by atoms with Crippen LogP contribution in [-0.4, -0.2) is 196 Å². The molecular formula is C81H103ClN16O15. The molecule has 7 rings (SSSR count). The number of nitrogens with zero attached hydrogens (tertiary/aromatic N) is 3. The van der Waals surface area contributed by atoms with E-state index in [0.29, 0.717) is 64.5 Å². The van der Waals surface area contributed by atoms with Crippen LogP contribution in [0, 0.1) is 5.92 Å². The molecular weight excluding hydrogens is 1470 g/mol. The van der Waals surface area contributed by atoms with Crippen LogP contribution in [0.1, 0.15) is 127 Å². The number of fused-ring (bicyclic) bond motifs is 1. The largest absolute Gasteiger partial charge is 0.394 e. The van der Waals surface area contributed by atoms with Crippen molar-refractivity contribution in [3.63, 3.8) is 0 Å². The van der Waals surface area contributed by atoms with Crippen LogP contribution in [0.25, 0.3) is 10.8 Å². The van der Waals surface area contributed by atoms with Crippen LogP contribution in [0.5, 0.6) is 0 Å². The lowest BCUT2D eigenvalue weighted by molar-refractivity contribution is -0.142. The maximum atomic E-state index is 15.4. The minimum absolute atomic E-state index is 0.00374. The number of halogens is 1. The Bertz CT molecular complexity index is 4340. The molecule has 1 fully saturated rings. The molecule has 15 N–H and O–H groups in total. The predicted molar refractivity (Wildman–Crippen MR) is 424 cm³/mol. The van der Waals surface area contributed by atoms with E-state index in [1.165, 1.54) is 69.3 Å². The summed E-state index contributed by atoms with van der Waals surface area (Å²) in [5, 5.41) is 45.9. The van der Waals surface area contributed by atoms with Crippen molar-refractivity contribution in [2.75, 3.05) is 37.4 Å². The van der Waals surface area contributed by atoms with E-state index in [2.05, 4.69) is 68.8 Å². The first kappa shape index (κ1) is 88.5. The minimum atomic E-state index is -2.07. The Morgan fingerprint density at radius 3 is 1.51 bits per heavy atom. The molecule has 0 bridgehead atoms. The average molecular weight is 1580 g/mol. The topological polar surface area (TPSA) is 449 Å². The van der Waals surface area contributed by atoms with Gasteiger partial charge in [0.1, 0.15) is 54.4 Å². The summed E-state index contributed by atoms with van der Waals surface area (Å²) in [6.07, 6.45) is 1.43. The van der Waals surface area contributed by atoms with Gasteiger partial charge < -0.3 is 84.4 Å². The van der Waals surface area contributed by atoms with Crippen LogP contribution < -0.4 is 69.5 Å². The fourth-order valence-electron chi connectivity index (χ4n) is 12.8. The van der Waals surface area contributed by atoms with Crippen molar-refractivity contribution < 1.29 is 72.2 Å². The zero-order valence-corrected chi connectivity index (χ0v) is 65.6. The van der Waals surface area contributed by atoms with Gasteiger partial charge in [0.25, 0.3) is 11.8 Å². The summed E-state index contributed by atoms with van der Waals surface area (Å²) in [4.78, 5) is 203. The van der Waals surface area contributed by atoms with E-state index in [-0.39, 0.29) is 74.9 Å². The van der Waals surface area contributed by atoms with E-state index >= 15 is 19.2 Å². The third-order valence-electron chi connectivity index (χ3n) is 18.6. The third kappa shape index (κ3) is 27.9. The maximum Gasteiger partial charge on any atom is 0.264 e. The molecule has 1 aliphatic heterocycles. The van der Waals surface area contributed by atoms with Gasteiger partial charge in [0, 0.05) is 94.9 Å². The maximum absolute atomic E-state index is 15.4. The average Bonchev–Trinajstić information content (AvgIpc) is 1.71. The van der Waals surface area contributed by atoms with Crippen LogP contribution in [0.15, 0.2) is 140 Å². The fourth-order valence-corrected chi connectivity index (χ4v) is 12.9. The zero-order valence-electron chi connectivity index (χ0n) is 64.9. The van der Waals surface area contributed by atoms with E-state index in [1.54, 1.807) is 80.6 Å². The molecule has 0 radical (unpaired) electrons. The number of aliphatic hydroxyl groups is 1. The summed E-state index contributed by atoms with van der Waals surface area (Å²) in [5.41, 5.74) is 8.07. The first-order valence-corrected chi connectivity index (χ1v) is 37.9. The van der Waals surface area contributed by atoms with E-state index < -0.39 is 144 Å². The van der Waals surface area contributed by atoms with E-state index in [9.17, 15) is 53.1 Å². The highest BCUT2D eigenvalue weighted by molar-refractivity contribution is 6.30. The third-order valence-corrected chi connectivity index (χ3v) is 18.9. The normalized spacial score (nSPS) is 14.9. The first-order chi connectivity index (χ1) is 53.7. The lowest BCUT2D eigenvalue weighted by Gasteiger charge is -2.31. The van der Waals surface area contributed by atoms with Gasteiger partial charge in [-0.15, -0.1) is 0 Å². The van der Waals surface area contributed by atoms with E-state index in [0.717, 1.165) is 22.7 Å². The van der Waals surface area contributed by atoms with Gasteiger partial charge in [0.2, 0.25) is 70.9 Å². The van der Waals surface area contributed by atoms with Crippen LogP contribution >= 0.6 is 11.6 Å². The number of amides is 14. The Kier molecular flexibility index (Phi) is 33.8. The number of nitrogens with one attached hydrogen (secondary N) is 12. The summed E-state index contributed by atoms with van der Waals surface area (Å²) in [5.74, 6) is -11.5. The van der Waals surface area contributed by atoms with Gasteiger partial charge in [-0.3, -0.25) is 72.1 Å². The number of likely N-dealkylation sites (tertiary alicyclic amines) is 1. The molecule has 0 unspecified atom stereocenters. The monoisotopic (exact) mass is 1570 g/mol. The molecule has 0 spiro atoms. The van der Waals surface area contributed by atoms with Gasteiger partial charge in [0.05, 0.1) is 12.2 Å². The second-order valence-electron chi connectivity index (χ2n) is 28.8. The van der Waals surface area contributed by atoms with E-state index in [1.807, 2.05) is 50.2 Å². The van der Waals surface area contributed by atoms with Crippen molar-refractivity contribution in [2.24, 2.45) is 11.7 Å². The molecule has 1 aliphatic rings. The molecule has 31 nitrogen and oxygen atoms in total. The molecule has 32 heteroatoms. The second kappa shape index (κ2) is 43.2. The highest BCUT2D eigenvalue weighted by Gasteiger charge is 2.41. The van der Waals surface area contributed by atoms with Crippen LogP contribution in [0.4, 0.5) is 11.4 Å². The van der Waals surface area contributed by atoms with Gasteiger partial charge in [-0.05, 0) is 139 Å². The number of benzene rings is 5. The molecule has 0 saturated carbocycles. The molecule has 0 aliphatic carbocycles. The number of hydrogen-bond acceptors (Lipinski definition) is 17. The summed E-state index contributed by atoms with van der Waals surface area (Å²) in [6.45, 7) is 12.4. The van der Waals surface area contributed by atoms with E-state index in [4.69, 9.17) is 17.3 Å². The van der Waals surface area contributed by atoms with Gasteiger partial charge >= 0.3 is 0 Å². The lowest BCUT2D eigenvalue weighted by Crippen LogP contribution is -2.64. The molecule has 2 heterocycles. The Labute approximate surface area is 661 Å². The summed E-state index contributed by atoms with van der Waals surface area (Å²) in [6, 6.07) is 22.0. The van der Waals surface area contributed by atoms with Crippen LogP contribution in [0.3, 0.4) is 0 Å². The Morgan fingerprint density at radius 1 is 0.531 bits per heavy atom. The highest BCUT2D eigenvalue weighted by Crippen LogP contribution is 2.23. The molecule has 5 aromatic carbocycles. The summed E-state index contributed by atoms with van der Waals surface area (Å²) >= 11 is 6.26. The molecule has 10 atom stereocenters. The molecule has 14 amide bonds. The number of likely N-dealkylation sites (N-methyl/N-ethyl adjacent to an activating group) is 1. The molecule has 604 valence electrons. The standard InChI is InChI=1S/C81H103ClN16O15/c1-46(2)38-63(72(104)90-62(19-12-13-36-85-47(3)4)81(113)98-37-15-20-69(98)78(110)86-48(5)70(83)103)91-74(106)65(41-53-24-31-60(32-25-53)87-49(6)100)92-75(107)66(42-54-26-33-61(34-27-54)88-50(7)101)94-77(109)68(45-99)95-79(111)71(97(9)80(112)58-18-14-35-84-44-58)96-76(108)67(40-52-22-29-59(82)30-23-52)93-73(105)64(89-51(8)102)43-55-21-28-56-16-10-11-17-57(56)39-55/h10-11,14,16-18,21-35,39,44,46-48,62-69,71,85,99H,12-13,15,19-20,36-38,40-43,45H2,1-9H3,(H2,83,103)(H,86,110)(H,87,100)(H,88,101)(H,89,102)(H,90,104)(H,91,106)(H,92,107)(H,93,105)(H,94,109)(H,95,111)(H,96,108)/t48-,62+,63+,64-,65-,66+,67-,68+,69-,71-/m1/s1. The molecule has 113 heavy (non-hydrogen) atoms. The number of nitrogens with two attached hydrogens (primary N) is 1. The number of carbonyl (C=O) groups is 14. The molecule has 1 aromatic heterocycles. The van der Waals surface area contributed by atoms with Crippen molar-refractivity contribution in [3.8, 4) is 0 Å². The lowest BCUT2D eigenvalue weighted by atomic mass is 9.99. The Balaban J connectivity index is 1.21. The summed E-state index contributed by atoms with van der Waals surface area (Å²) < 4.78 is 0. The number of anilines is 2. The Morgan fingerprint density at radius 2 is 1.01 bits per heavy atom. The number of unbranched alkanes of at least 4 members (excludes halogenated alkanes) is 1. The number of rotatable bonds is 40. The first-order valence-electron chi connectivity index (χ1n) is 37.5. The second-order valence-corrected chi connectivity index (χ2v) is 29.2. The van der Waals surface area contributed by atoms with Crippen LogP contribution in [0.2, 0.25) is 5.02 Å². The van der Waals surface area contributed by atoms with Crippen molar-refractivity contribution in [3.05, 3.63) is 173 Å². The minimum Gasteiger partial charge on any atom is -0.394 e. The highest BCUT2D eigenvalue weighted by atomic mass is 35.5. The zero-order chi connectivity index (χ0) is 82.6. The molecule has 1 saturated heterocycles. The van der Waals surface area contributed by atoms with Crippen molar-refractivity contribution in [2.45, 2.75) is 186 Å². The van der Waals surface area contributed by atoms with Gasteiger partial charge in [-0.2, -0.15) is 0 Å². The number of carbonyl (C=O) groups excluding carboxylic acids is 14. The predicted octanol–water partition coefficient (Wildman–Crippen LogP) is 2.89. The number of pyridine rings is 1. The SMILES string of the molecule is CC(=O)Nc1ccc(C[C@H](NC(=O)[C@H](CO)NC(=O)[C@H](NC(=O)[C@@H](Cc2ccc(Cl)cc2)NC(=O)[C@@H](Cc2ccc3ccccc3c2)NC(C)=O)N(C)C(=O)c2cccnc2)C(=O)N[C@H](Cc2ccc(NC(C)=O)cc2)C(=O)N[C@@H](CC(C)C)C(=O)N[C@@H](CCCCNC(C)C)C(=O)N2CCC[C@@H]2C(=O)N[C@H](C)C(N)=O)cc1. The smallest absolute Gasteiger partial charge is 0.264 e. The number of aliphatic hydroxyl groups excluding tert-OH is 1. The Hall–Kier alpha value is -11.7. The molecule has 6 aromatic rings. The number of aromatic nitrogens is 1. The van der Waals surface area contributed by atoms with Crippen LogP contribution in [-0.2, 0) is 88.0 Å². The number of primary amides is 1. The van der Waals surface area contributed by atoms with Gasteiger partial charge in [0.15, 0.2) is 6.17 Å². The fraction of sp³-hybridized carbons (Fsp3) is 0.420. The van der Waals surface area contributed by atoms with Crippen molar-refractivity contribution in [1.29, 1.82) is 0 Å².